The van der Waals surface area contributed by atoms with Gasteiger partial charge in [0.2, 0.25) is 10.0 Å². The molecule has 0 spiro atoms. The molecule has 1 aromatic heterocycles. The van der Waals surface area contributed by atoms with Gasteiger partial charge in [0.05, 0.1) is 11.2 Å². The fraction of sp³-hybridized carbons (Fsp3) is 0.0909. The minimum absolute atomic E-state index is 0.0875. The van der Waals surface area contributed by atoms with Crippen molar-refractivity contribution in [2.75, 3.05) is 0 Å². The molecule has 0 aliphatic rings. The Hall–Kier alpha value is -1.59. The lowest BCUT2D eigenvalue weighted by Gasteiger charge is -2.05. The molecule has 2 rings (SSSR count). The van der Waals surface area contributed by atoms with Crippen molar-refractivity contribution in [1.82, 2.24) is 0 Å². The minimum atomic E-state index is -3.67. The average molecular weight is 237 g/mol. The van der Waals surface area contributed by atoms with E-state index in [1.165, 1.54) is 12.1 Å². The summed E-state index contributed by atoms with van der Waals surface area (Å²) in [6, 6.07) is 8.23. The number of hydrogen-bond acceptors (Lipinski definition) is 3. The standard InChI is InChI=1S/C11H11NO3S/c1-8-4-5-9(16(12,13)14)7-10(8)11-3-2-6-15-11/h2-7H,1H3,(H2,12,13,14). The number of aryl methyl sites for hydroxylation is 1. The van der Waals surface area contributed by atoms with Crippen molar-refractivity contribution < 1.29 is 12.8 Å². The van der Waals surface area contributed by atoms with Crippen LogP contribution in [0.4, 0.5) is 0 Å². The Kier molecular flexibility index (Phi) is 2.57. The number of benzene rings is 1. The van der Waals surface area contributed by atoms with Crippen molar-refractivity contribution in [3.8, 4) is 11.3 Å². The van der Waals surface area contributed by atoms with Crippen LogP contribution in [0.3, 0.4) is 0 Å². The maximum absolute atomic E-state index is 11.2. The van der Waals surface area contributed by atoms with Crippen LogP contribution in [0.15, 0.2) is 45.9 Å². The third-order valence-corrected chi connectivity index (χ3v) is 3.24. The van der Waals surface area contributed by atoms with Crippen LogP contribution in [-0.4, -0.2) is 8.42 Å². The SMILES string of the molecule is Cc1ccc(S(N)(=O)=O)cc1-c1ccco1. The van der Waals surface area contributed by atoms with E-state index < -0.39 is 10.0 Å². The summed E-state index contributed by atoms with van der Waals surface area (Å²) in [7, 11) is -3.67. The molecule has 0 unspecified atom stereocenters. The molecule has 0 aliphatic carbocycles. The smallest absolute Gasteiger partial charge is 0.238 e. The molecule has 0 saturated carbocycles. The highest BCUT2D eigenvalue weighted by molar-refractivity contribution is 7.89. The highest BCUT2D eigenvalue weighted by Crippen LogP contribution is 2.26. The second kappa shape index (κ2) is 3.77. The molecule has 5 heteroatoms. The number of sulfonamides is 1. The number of primary sulfonamides is 1. The van der Waals surface area contributed by atoms with Crippen LogP contribution in [0.25, 0.3) is 11.3 Å². The summed E-state index contributed by atoms with van der Waals surface area (Å²) in [6.07, 6.45) is 1.54. The minimum Gasteiger partial charge on any atom is -0.464 e. The zero-order valence-electron chi connectivity index (χ0n) is 8.67. The number of furan rings is 1. The molecule has 2 N–H and O–H groups in total. The van der Waals surface area contributed by atoms with Crippen molar-refractivity contribution >= 4 is 10.0 Å². The molecule has 0 atom stereocenters. The van der Waals surface area contributed by atoms with E-state index in [9.17, 15) is 8.42 Å². The normalized spacial score (nSPS) is 11.6. The van der Waals surface area contributed by atoms with Crippen LogP contribution >= 0.6 is 0 Å². The zero-order valence-corrected chi connectivity index (χ0v) is 9.49. The number of nitrogens with two attached hydrogens (primary N) is 1. The van der Waals surface area contributed by atoms with Crippen molar-refractivity contribution in [1.29, 1.82) is 0 Å². The third-order valence-electron chi connectivity index (χ3n) is 2.32. The summed E-state index contributed by atoms with van der Waals surface area (Å²) < 4.78 is 27.7. The Morgan fingerprint density at radius 1 is 1.25 bits per heavy atom. The fourth-order valence-electron chi connectivity index (χ4n) is 1.48. The van der Waals surface area contributed by atoms with Crippen molar-refractivity contribution in [2.45, 2.75) is 11.8 Å². The van der Waals surface area contributed by atoms with Gasteiger partial charge < -0.3 is 4.42 Å². The Bertz CT molecular complexity index is 600. The van der Waals surface area contributed by atoms with Crippen molar-refractivity contribution in [3.63, 3.8) is 0 Å². The van der Waals surface area contributed by atoms with Gasteiger partial charge in [-0.25, -0.2) is 13.6 Å². The first-order valence-corrected chi connectivity index (χ1v) is 6.20. The van der Waals surface area contributed by atoms with E-state index in [0.717, 1.165) is 11.1 Å². The molecule has 0 fully saturated rings. The Labute approximate surface area is 93.7 Å². The molecule has 2 aromatic rings. The lowest BCUT2D eigenvalue weighted by atomic mass is 10.1. The molecule has 0 radical (unpaired) electrons. The summed E-state index contributed by atoms with van der Waals surface area (Å²) in [4.78, 5) is 0.0875. The second-order valence-electron chi connectivity index (χ2n) is 3.50. The van der Waals surface area contributed by atoms with E-state index in [-0.39, 0.29) is 4.90 Å². The van der Waals surface area contributed by atoms with Gasteiger partial charge in [0.15, 0.2) is 0 Å². The van der Waals surface area contributed by atoms with Gasteiger partial charge in [-0.2, -0.15) is 0 Å². The van der Waals surface area contributed by atoms with Gasteiger partial charge in [-0.15, -0.1) is 0 Å². The molecule has 0 saturated heterocycles. The second-order valence-corrected chi connectivity index (χ2v) is 5.06. The van der Waals surface area contributed by atoms with Gasteiger partial charge in [0.1, 0.15) is 5.76 Å². The maximum atomic E-state index is 11.2. The van der Waals surface area contributed by atoms with Crippen LogP contribution in [-0.2, 0) is 10.0 Å². The first-order chi connectivity index (χ1) is 7.48. The summed E-state index contributed by atoms with van der Waals surface area (Å²) >= 11 is 0. The molecule has 1 heterocycles. The highest BCUT2D eigenvalue weighted by atomic mass is 32.2. The Morgan fingerprint density at radius 2 is 2.00 bits per heavy atom. The van der Waals surface area contributed by atoms with Gasteiger partial charge >= 0.3 is 0 Å². The summed E-state index contributed by atoms with van der Waals surface area (Å²) in [5.74, 6) is 0.628. The van der Waals surface area contributed by atoms with E-state index in [4.69, 9.17) is 9.56 Å². The first kappa shape index (κ1) is 10.9. The van der Waals surface area contributed by atoms with Crippen LogP contribution < -0.4 is 5.14 Å². The van der Waals surface area contributed by atoms with Gasteiger partial charge in [-0.05, 0) is 36.8 Å². The summed E-state index contributed by atoms with van der Waals surface area (Å²) in [6.45, 7) is 1.88. The molecule has 0 amide bonds. The number of hydrogen-bond donors (Lipinski definition) is 1. The maximum Gasteiger partial charge on any atom is 0.238 e. The largest absolute Gasteiger partial charge is 0.464 e. The molecule has 0 aliphatic heterocycles. The zero-order chi connectivity index (χ0) is 11.8. The summed E-state index contributed by atoms with van der Waals surface area (Å²) in [5.41, 5.74) is 1.67. The van der Waals surface area contributed by atoms with Crippen LogP contribution in [0, 0.1) is 6.92 Å². The van der Waals surface area contributed by atoms with E-state index in [1.54, 1.807) is 24.5 Å². The van der Waals surface area contributed by atoms with Crippen LogP contribution in [0.2, 0.25) is 0 Å². The molecule has 4 nitrogen and oxygen atoms in total. The third kappa shape index (κ3) is 2.00. The van der Waals surface area contributed by atoms with E-state index in [0.29, 0.717) is 5.76 Å². The quantitative estimate of drug-likeness (QED) is 0.866. The van der Waals surface area contributed by atoms with Crippen molar-refractivity contribution in [2.24, 2.45) is 5.14 Å². The van der Waals surface area contributed by atoms with E-state index >= 15 is 0 Å². The van der Waals surface area contributed by atoms with Gasteiger partial charge in [0.25, 0.3) is 0 Å². The molecule has 0 bridgehead atoms. The van der Waals surface area contributed by atoms with Gasteiger partial charge in [0, 0.05) is 5.56 Å². The molecule has 84 valence electrons. The van der Waals surface area contributed by atoms with Gasteiger partial charge in [-0.3, -0.25) is 0 Å². The molecule has 16 heavy (non-hydrogen) atoms. The highest BCUT2D eigenvalue weighted by Gasteiger charge is 2.12. The average Bonchev–Trinajstić information content (AvgIpc) is 2.69. The molecular weight excluding hydrogens is 226 g/mol. The fourth-order valence-corrected chi connectivity index (χ4v) is 2.02. The topological polar surface area (TPSA) is 73.3 Å². The predicted octanol–water partition coefficient (Wildman–Crippen LogP) is 1.90. The van der Waals surface area contributed by atoms with E-state index in [1.807, 2.05) is 6.92 Å². The van der Waals surface area contributed by atoms with Crippen LogP contribution in [0.5, 0.6) is 0 Å². The number of rotatable bonds is 2. The Morgan fingerprint density at radius 3 is 2.56 bits per heavy atom. The first-order valence-electron chi connectivity index (χ1n) is 4.66. The Balaban J connectivity index is 2.63. The molecular formula is C11H11NO3S. The lowest BCUT2D eigenvalue weighted by molar-refractivity contribution is 0.581. The van der Waals surface area contributed by atoms with Crippen LogP contribution in [0.1, 0.15) is 5.56 Å². The predicted molar refractivity (Wildman–Crippen MR) is 60.3 cm³/mol. The van der Waals surface area contributed by atoms with E-state index in [2.05, 4.69) is 0 Å². The molecule has 1 aromatic carbocycles. The lowest BCUT2D eigenvalue weighted by Crippen LogP contribution is -2.12. The monoisotopic (exact) mass is 237 g/mol. The van der Waals surface area contributed by atoms with Gasteiger partial charge in [-0.1, -0.05) is 6.07 Å². The summed E-state index contributed by atoms with van der Waals surface area (Å²) in [5, 5.41) is 5.07. The van der Waals surface area contributed by atoms with Crippen molar-refractivity contribution in [3.05, 3.63) is 42.2 Å².